The Balaban J connectivity index is 1.78. The van der Waals surface area contributed by atoms with Gasteiger partial charge in [0.2, 0.25) is 0 Å². The minimum Gasteiger partial charge on any atom is -0.346 e. The first-order valence-corrected chi connectivity index (χ1v) is 10.6. The highest BCUT2D eigenvalue weighted by molar-refractivity contribution is 6.50. The van der Waals surface area contributed by atoms with E-state index in [0.29, 0.717) is 48.2 Å². The van der Waals surface area contributed by atoms with Crippen molar-refractivity contribution in [2.75, 3.05) is 0 Å². The van der Waals surface area contributed by atoms with E-state index in [0.717, 1.165) is 21.8 Å². The number of imide groups is 1. The average Bonchev–Trinajstić information content (AvgIpc) is 3.47. The Hall–Kier alpha value is -4.62. The second-order valence-corrected chi connectivity index (χ2v) is 7.86. The molecule has 2 aromatic heterocycles. The molecule has 1 N–H and O–H groups in total. The molecule has 1 aliphatic heterocycles. The summed E-state index contributed by atoms with van der Waals surface area (Å²) in [6, 6.07) is 19.6. The van der Waals surface area contributed by atoms with Gasteiger partial charge in [-0.2, -0.15) is 10.5 Å². The third-order valence-corrected chi connectivity index (χ3v) is 5.98. The van der Waals surface area contributed by atoms with Gasteiger partial charge in [0.05, 0.1) is 36.1 Å². The van der Waals surface area contributed by atoms with Crippen LogP contribution in [0.15, 0.2) is 60.9 Å². The summed E-state index contributed by atoms with van der Waals surface area (Å²) < 4.78 is 3.90. The smallest absolute Gasteiger partial charge is 0.259 e. The number of amides is 2. The molecule has 7 nitrogen and oxygen atoms in total. The van der Waals surface area contributed by atoms with Gasteiger partial charge in [-0.3, -0.25) is 14.9 Å². The molecular formula is C26H19N5O2. The molecule has 2 aromatic carbocycles. The van der Waals surface area contributed by atoms with Crippen molar-refractivity contribution in [1.29, 1.82) is 10.5 Å². The fraction of sp³-hybridized carbons (Fsp3) is 0.154. The van der Waals surface area contributed by atoms with Crippen molar-refractivity contribution in [3.05, 3.63) is 72.1 Å². The quantitative estimate of drug-likeness (QED) is 0.464. The number of aromatic nitrogens is 2. The van der Waals surface area contributed by atoms with Crippen LogP contribution >= 0.6 is 0 Å². The number of aryl methyl sites for hydroxylation is 2. The van der Waals surface area contributed by atoms with Crippen molar-refractivity contribution in [1.82, 2.24) is 14.5 Å². The summed E-state index contributed by atoms with van der Waals surface area (Å²) >= 11 is 0. The number of hydrogen-bond donors (Lipinski definition) is 1. The van der Waals surface area contributed by atoms with E-state index in [9.17, 15) is 9.59 Å². The molecule has 0 spiro atoms. The maximum atomic E-state index is 13.0. The number of nitrogens with zero attached hydrogens (tertiary/aromatic N) is 4. The van der Waals surface area contributed by atoms with Crippen molar-refractivity contribution in [3.8, 4) is 12.1 Å². The van der Waals surface area contributed by atoms with Gasteiger partial charge in [0, 0.05) is 58.4 Å². The monoisotopic (exact) mass is 433 g/mol. The van der Waals surface area contributed by atoms with Gasteiger partial charge in [0.15, 0.2) is 0 Å². The van der Waals surface area contributed by atoms with Gasteiger partial charge in [-0.15, -0.1) is 0 Å². The molecule has 160 valence electrons. The Morgan fingerprint density at radius 1 is 0.697 bits per heavy atom. The van der Waals surface area contributed by atoms with E-state index in [2.05, 4.69) is 17.5 Å². The van der Waals surface area contributed by atoms with E-state index in [1.165, 1.54) is 0 Å². The molecule has 0 radical (unpaired) electrons. The van der Waals surface area contributed by atoms with Gasteiger partial charge in [-0.25, -0.2) is 0 Å². The van der Waals surface area contributed by atoms with Crippen LogP contribution in [-0.2, 0) is 22.7 Å². The molecule has 2 amide bonds. The number of benzene rings is 2. The lowest BCUT2D eigenvalue weighted by atomic mass is 9.95. The van der Waals surface area contributed by atoms with Crippen LogP contribution in [0.3, 0.4) is 0 Å². The summed E-state index contributed by atoms with van der Waals surface area (Å²) in [5.74, 6) is -0.876. The van der Waals surface area contributed by atoms with Crippen molar-refractivity contribution < 1.29 is 9.59 Å². The highest BCUT2D eigenvalue weighted by atomic mass is 16.2. The number of para-hydroxylation sites is 2. The van der Waals surface area contributed by atoms with Crippen molar-refractivity contribution in [3.63, 3.8) is 0 Å². The lowest BCUT2D eigenvalue weighted by Gasteiger charge is -2.03. The Morgan fingerprint density at radius 3 is 1.55 bits per heavy atom. The normalized spacial score (nSPS) is 13.5. The summed E-state index contributed by atoms with van der Waals surface area (Å²) in [6.45, 7) is 0.977. The molecule has 0 fully saturated rings. The zero-order valence-electron chi connectivity index (χ0n) is 17.7. The lowest BCUT2D eigenvalue weighted by molar-refractivity contribution is -0.122. The molecule has 0 bridgehead atoms. The largest absolute Gasteiger partial charge is 0.346 e. The average molecular weight is 433 g/mol. The minimum absolute atomic E-state index is 0.329. The zero-order valence-corrected chi connectivity index (χ0v) is 17.7. The predicted octanol–water partition coefficient (Wildman–Crippen LogP) is 3.99. The van der Waals surface area contributed by atoms with Crippen LogP contribution in [0.4, 0.5) is 0 Å². The molecule has 1 aliphatic rings. The van der Waals surface area contributed by atoms with E-state index in [1.54, 1.807) is 0 Å². The number of rotatable bonds is 6. The highest BCUT2D eigenvalue weighted by Crippen LogP contribution is 2.39. The number of fused-ring (bicyclic) bond motifs is 2. The van der Waals surface area contributed by atoms with Gasteiger partial charge < -0.3 is 9.13 Å². The fourth-order valence-electron chi connectivity index (χ4n) is 4.57. The lowest BCUT2D eigenvalue weighted by Crippen LogP contribution is -2.22. The maximum absolute atomic E-state index is 13.0. The van der Waals surface area contributed by atoms with Crippen LogP contribution in [0.1, 0.15) is 24.0 Å². The van der Waals surface area contributed by atoms with Crippen molar-refractivity contribution >= 4 is 44.8 Å². The second kappa shape index (κ2) is 8.14. The van der Waals surface area contributed by atoms with Gasteiger partial charge >= 0.3 is 0 Å². The zero-order chi connectivity index (χ0) is 22.9. The van der Waals surface area contributed by atoms with E-state index < -0.39 is 11.8 Å². The molecular weight excluding hydrogens is 414 g/mol. The number of hydrogen-bond acceptors (Lipinski definition) is 4. The first-order chi connectivity index (χ1) is 16.1. The molecule has 0 saturated heterocycles. The fourth-order valence-corrected chi connectivity index (χ4v) is 4.57. The van der Waals surface area contributed by atoms with Gasteiger partial charge in [-0.1, -0.05) is 36.4 Å². The minimum atomic E-state index is -0.438. The molecule has 0 unspecified atom stereocenters. The van der Waals surface area contributed by atoms with Crippen molar-refractivity contribution in [2.24, 2.45) is 0 Å². The third kappa shape index (κ3) is 3.28. The van der Waals surface area contributed by atoms with Crippen LogP contribution in [-0.4, -0.2) is 20.9 Å². The predicted molar refractivity (Wildman–Crippen MR) is 124 cm³/mol. The number of carbonyl (C=O) groups is 2. The molecule has 3 heterocycles. The molecule has 4 aromatic rings. The SMILES string of the molecule is N#CCCn1cc(C2=C(c3cn(CCC#N)c4ccccc34)C(=O)NC2=O)c2ccccc21. The molecule has 5 rings (SSSR count). The summed E-state index contributed by atoms with van der Waals surface area (Å²) in [7, 11) is 0. The van der Waals surface area contributed by atoms with Crippen LogP contribution in [0.2, 0.25) is 0 Å². The Morgan fingerprint density at radius 2 is 1.12 bits per heavy atom. The van der Waals surface area contributed by atoms with Crippen molar-refractivity contribution in [2.45, 2.75) is 25.9 Å². The Bertz CT molecular complexity index is 1440. The Kier molecular flexibility index (Phi) is 5.01. The molecule has 0 saturated carbocycles. The van der Waals surface area contributed by atoms with Gasteiger partial charge in [0.1, 0.15) is 0 Å². The van der Waals surface area contributed by atoms with Gasteiger partial charge in [0.25, 0.3) is 11.8 Å². The van der Waals surface area contributed by atoms with E-state index >= 15 is 0 Å². The second-order valence-electron chi connectivity index (χ2n) is 7.86. The number of nitrogens with one attached hydrogen (secondary N) is 1. The van der Waals surface area contributed by atoms with E-state index in [4.69, 9.17) is 10.5 Å². The van der Waals surface area contributed by atoms with E-state index in [1.807, 2.05) is 70.1 Å². The third-order valence-electron chi connectivity index (χ3n) is 5.98. The molecule has 0 atom stereocenters. The van der Waals surface area contributed by atoms with E-state index in [-0.39, 0.29) is 0 Å². The van der Waals surface area contributed by atoms with Crippen LogP contribution in [0, 0.1) is 22.7 Å². The summed E-state index contributed by atoms with van der Waals surface area (Å²) in [5.41, 5.74) is 3.79. The standard InChI is InChI=1S/C26H19N5O2/c27-11-5-13-30-15-19(17-7-1-3-9-21(17)30)23-24(26(33)29-25(23)32)20-16-31(14-6-12-28)22-10-4-2-8-18(20)22/h1-4,7-10,15-16H,5-6,13-14H2,(H,29,32,33). The summed E-state index contributed by atoms with van der Waals surface area (Å²) in [5, 5.41) is 22.3. The summed E-state index contributed by atoms with van der Waals surface area (Å²) in [4.78, 5) is 26.1. The van der Waals surface area contributed by atoms with Gasteiger partial charge in [-0.05, 0) is 12.1 Å². The summed E-state index contributed by atoms with van der Waals surface area (Å²) in [6.07, 6.45) is 4.37. The molecule has 33 heavy (non-hydrogen) atoms. The molecule has 0 aliphatic carbocycles. The topological polar surface area (TPSA) is 104 Å². The van der Waals surface area contributed by atoms with Crippen LogP contribution in [0.25, 0.3) is 33.0 Å². The van der Waals surface area contributed by atoms with Crippen LogP contribution < -0.4 is 5.32 Å². The number of carbonyl (C=O) groups excluding carboxylic acids is 2. The molecule has 7 heteroatoms. The maximum Gasteiger partial charge on any atom is 0.259 e. The Labute approximate surface area is 189 Å². The first-order valence-electron chi connectivity index (χ1n) is 10.6. The number of nitriles is 2. The highest BCUT2D eigenvalue weighted by Gasteiger charge is 2.35. The first kappa shape index (κ1) is 20.3. The van der Waals surface area contributed by atoms with Crippen LogP contribution in [0.5, 0.6) is 0 Å².